The summed E-state index contributed by atoms with van der Waals surface area (Å²) >= 11 is 0. The first-order valence-corrected chi connectivity index (χ1v) is 19.9. The van der Waals surface area contributed by atoms with Crippen molar-refractivity contribution < 1.29 is 33.4 Å². The Morgan fingerprint density at radius 3 is 2.00 bits per heavy atom. The van der Waals surface area contributed by atoms with Crippen molar-refractivity contribution in [2.45, 2.75) is 136 Å². The minimum Gasteiger partial charge on any atom is -0.379 e. The number of amides is 4. The van der Waals surface area contributed by atoms with Crippen LogP contribution in [-0.4, -0.2) is 128 Å². The summed E-state index contributed by atoms with van der Waals surface area (Å²) in [5, 5.41) is 6.02. The van der Waals surface area contributed by atoms with Crippen LogP contribution in [0.1, 0.15) is 93.1 Å². The Kier molecular flexibility index (Phi) is 19.3. The molecule has 1 aromatic rings. The number of likely N-dealkylation sites (N-methyl/N-ethyl adjacent to an activating group) is 2. The minimum atomic E-state index is -0.763. The van der Waals surface area contributed by atoms with Crippen molar-refractivity contribution in [3.8, 4) is 0 Å². The first-order chi connectivity index (χ1) is 25.4. The van der Waals surface area contributed by atoms with E-state index >= 15 is 0 Å². The first-order valence-electron chi connectivity index (χ1n) is 19.9. The highest BCUT2D eigenvalue weighted by molar-refractivity contribution is 5.91. The second kappa shape index (κ2) is 22.3. The van der Waals surface area contributed by atoms with Crippen LogP contribution in [0.4, 0.5) is 0 Å². The third-order valence-electron chi connectivity index (χ3n) is 11.3. The number of hydrogen-bond donors (Lipinski definition) is 2. The molecule has 1 saturated heterocycles. The number of likely N-dealkylation sites (tertiary alicyclic amines) is 1. The highest BCUT2D eigenvalue weighted by Crippen LogP contribution is 2.30. The molecule has 2 rings (SSSR count). The number of Topliss-reactive ketones (excluding diaryl/α,β-unsaturated/α-hetero) is 1. The van der Waals surface area contributed by atoms with Gasteiger partial charge in [0.15, 0.2) is 5.78 Å². The van der Waals surface area contributed by atoms with Gasteiger partial charge in [-0.2, -0.15) is 0 Å². The Hall–Kier alpha value is -3.35. The lowest BCUT2D eigenvalue weighted by atomic mass is 9.89. The number of hydrogen-bond acceptors (Lipinski definition) is 8. The maximum Gasteiger partial charge on any atom is 0.245 e. The Bertz CT molecular complexity index is 1350. The van der Waals surface area contributed by atoms with E-state index in [1.807, 2.05) is 90.9 Å². The molecule has 1 heterocycles. The van der Waals surface area contributed by atoms with Gasteiger partial charge >= 0.3 is 0 Å². The van der Waals surface area contributed by atoms with Gasteiger partial charge in [0.1, 0.15) is 6.04 Å². The smallest absolute Gasteiger partial charge is 0.245 e. The van der Waals surface area contributed by atoms with Gasteiger partial charge in [-0.1, -0.05) is 92.1 Å². The highest BCUT2D eigenvalue weighted by atomic mass is 16.5. The standard InChI is InChI=1S/C42H71N5O7/c1-14-28(7)38(46(11)42(52)36(26(3)4)44-41(51)37(27(5)6)45(9)10)34(53-12)25-35(49)47-23-19-22-32(47)39(54-13)29(8)40(50)43-31(33(48)15-2)24-30-20-17-16-18-21-30/h16-18,20-21,26-29,31-32,34,36-39H,14-15,19,22-25H2,1-13H3,(H,43,50)(H,44,51). The second-order valence-corrected chi connectivity index (χ2v) is 16.0. The van der Waals surface area contributed by atoms with E-state index < -0.39 is 42.3 Å². The summed E-state index contributed by atoms with van der Waals surface area (Å²) in [6, 6.07) is 6.97. The van der Waals surface area contributed by atoms with Crippen LogP contribution in [0.3, 0.4) is 0 Å². The molecule has 0 bridgehead atoms. The molecule has 0 aromatic heterocycles. The summed E-state index contributed by atoms with van der Waals surface area (Å²) < 4.78 is 12.0. The van der Waals surface area contributed by atoms with Gasteiger partial charge in [-0.3, -0.25) is 28.9 Å². The third-order valence-corrected chi connectivity index (χ3v) is 11.3. The van der Waals surface area contributed by atoms with Crippen LogP contribution in [0, 0.1) is 23.7 Å². The third kappa shape index (κ3) is 12.3. The number of nitrogens with zero attached hydrogens (tertiary/aromatic N) is 3. The van der Waals surface area contributed by atoms with Gasteiger partial charge in [-0.15, -0.1) is 0 Å². The average molecular weight is 758 g/mol. The summed E-state index contributed by atoms with van der Waals surface area (Å²) in [5.41, 5.74) is 0.956. The quantitative estimate of drug-likeness (QED) is 0.178. The molecular formula is C42H71N5O7. The van der Waals surface area contributed by atoms with Crippen LogP contribution in [0.15, 0.2) is 30.3 Å². The maximum atomic E-state index is 14.2. The minimum absolute atomic E-state index is 0.0233. The number of ether oxygens (including phenoxy) is 2. The molecule has 1 aliphatic heterocycles. The van der Waals surface area contributed by atoms with Crippen LogP contribution in [0.25, 0.3) is 0 Å². The summed E-state index contributed by atoms with van der Waals surface area (Å²) in [4.78, 5) is 73.8. The van der Waals surface area contributed by atoms with Gasteiger partial charge < -0.3 is 29.9 Å². The normalized spacial score (nSPS) is 19.1. The monoisotopic (exact) mass is 758 g/mol. The number of benzene rings is 1. The summed E-state index contributed by atoms with van der Waals surface area (Å²) in [5.74, 6) is -1.72. The summed E-state index contributed by atoms with van der Waals surface area (Å²) in [6.45, 7) is 16.0. The van der Waals surface area contributed by atoms with Crippen LogP contribution in [0.5, 0.6) is 0 Å². The predicted octanol–water partition coefficient (Wildman–Crippen LogP) is 4.34. The van der Waals surface area contributed by atoms with E-state index in [2.05, 4.69) is 10.6 Å². The lowest BCUT2D eigenvalue weighted by Gasteiger charge is -2.41. The first kappa shape index (κ1) is 46.8. The van der Waals surface area contributed by atoms with Crippen molar-refractivity contribution in [3.05, 3.63) is 35.9 Å². The van der Waals surface area contributed by atoms with Gasteiger partial charge in [0.05, 0.1) is 48.7 Å². The van der Waals surface area contributed by atoms with Crippen LogP contribution >= 0.6 is 0 Å². The van der Waals surface area contributed by atoms with Crippen molar-refractivity contribution in [3.63, 3.8) is 0 Å². The molecule has 0 radical (unpaired) electrons. The zero-order valence-corrected chi connectivity index (χ0v) is 35.4. The fraction of sp³-hybridized carbons (Fsp3) is 0.738. The van der Waals surface area contributed by atoms with Crippen molar-refractivity contribution in [2.75, 3.05) is 41.9 Å². The number of methoxy groups -OCH3 is 2. The SMILES string of the molecule is CCC(=O)C(Cc1ccccc1)NC(=O)C(C)C(OC)C1CCCN1C(=O)CC(OC)C(C(C)CC)N(C)C(=O)C(NC(=O)C(C(C)C)N(C)C)C(C)C. The molecule has 0 spiro atoms. The van der Waals surface area contributed by atoms with E-state index in [1.54, 1.807) is 44.9 Å². The molecule has 4 amide bonds. The summed E-state index contributed by atoms with van der Waals surface area (Å²) in [6.07, 6.45) is 1.63. The van der Waals surface area contributed by atoms with E-state index in [0.29, 0.717) is 25.8 Å². The van der Waals surface area contributed by atoms with Gasteiger partial charge in [-0.25, -0.2) is 0 Å². The Morgan fingerprint density at radius 1 is 0.870 bits per heavy atom. The van der Waals surface area contributed by atoms with E-state index in [9.17, 15) is 24.0 Å². The largest absolute Gasteiger partial charge is 0.379 e. The lowest BCUT2D eigenvalue weighted by Crippen LogP contribution is -2.59. The lowest BCUT2D eigenvalue weighted by molar-refractivity contribution is -0.148. The molecule has 1 aromatic carbocycles. The molecular weight excluding hydrogens is 686 g/mol. The maximum absolute atomic E-state index is 14.2. The van der Waals surface area contributed by atoms with Gasteiger partial charge in [0.25, 0.3) is 0 Å². The van der Waals surface area contributed by atoms with Gasteiger partial charge in [-0.05, 0) is 56.7 Å². The van der Waals surface area contributed by atoms with Crippen molar-refractivity contribution in [2.24, 2.45) is 23.7 Å². The molecule has 12 heteroatoms. The van der Waals surface area contributed by atoms with E-state index in [1.165, 1.54) is 0 Å². The number of carbonyl (C=O) groups excluding carboxylic acids is 5. The molecule has 0 aliphatic carbocycles. The van der Waals surface area contributed by atoms with Crippen molar-refractivity contribution >= 4 is 29.4 Å². The molecule has 1 fully saturated rings. The van der Waals surface area contributed by atoms with Crippen molar-refractivity contribution in [1.29, 1.82) is 0 Å². The fourth-order valence-electron chi connectivity index (χ4n) is 8.06. The topological polar surface area (TPSA) is 138 Å². The number of ketones is 1. The Morgan fingerprint density at radius 2 is 1.50 bits per heavy atom. The summed E-state index contributed by atoms with van der Waals surface area (Å²) in [7, 11) is 8.56. The van der Waals surface area contributed by atoms with Gasteiger partial charge in [0.2, 0.25) is 23.6 Å². The average Bonchev–Trinajstić information content (AvgIpc) is 3.62. The fourth-order valence-corrected chi connectivity index (χ4v) is 8.06. The van der Waals surface area contributed by atoms with E-state index in [-0.39, 0.29) is 59.6 Å². The molecule has 2 N–H and O–H groups in total. The van der Waals surface area contributed by atoms with Crippen LogP contribution in [0.2, 0.25) is 0 Å². The van der Waals surface area contributed by atoms with E-state index in [4.69, 9.17) is 9.47 Å². The Labute approximate surface area is 325 Å². The number of carbonyl (C=O) groups is 5. The molecule has 306 valence electrons. The van der Waals surface area contributed by atoms with Crippen LogP contribution in [-0.2, 0) is 39.9 Å². The predicted molar refractivity (Wildman–Crippen MR) is 213 cm³/mol. The zero-order chi connectivity index (χ0) is 40.9. The second-order valence-electron chi connectivity index (χ2n) is 16.0. The van der Waals surface area contributed by atoms with Gasteiger partial charge in [0, 0.05) is 34.2 Å². The van der Waals surface area contributed by atoms with E-state index in [0.717, 1.165) is 18.4 Å². The zero-order valence-electron chi connectivity index (χ0n) is 35.4. The molecule has 1 aliphatic rings. The van der Waals surface area contributed by atoms with Crippen LogP contribution < -0.4 is 10.6 Å². The Balaban J connectivity index is 2.29. The molecule has 54 heavy (non-hydrogen) atoms. The molecule has 12 nitrogen and oxygen atoms in total. The molecule has 0 saturated carbocycles. The molecule has 9 atom stereocenters. The molecule has 9 unspecified atom stereocenters. The number of nitrogens with one attached hydrogen (secondary N) is 2. The highest BCUT2D eigenvalue weighted by Gasteiger charge is 2.43. The van der Waals surface area contributed by atoms with Crippen molar-refractivity contribution in [1.82, 2.24) is 25.3 Å². The number of rotatable bonds is 22.